The summed E-state index contributed by atoms with van der Waals surface area (Å²) in [6.45, 7) is 0.622. The third-order valence-electron chi connectivity index (χ3n) is 6.92. The van der Waals surface area contributed by atoms with E-state index in [2.05, 4.69) is 34.6 Å². The summed E-state index contributed by atoms with van der Waals surface area (Å²) in [5, 5.41) is 11.9. The second-order valence-corrected chi connectivity index (χ2v) is 9.57. The van der Waals surface area contributed by atoms with E-state index < -0.39 is 12.1 Å². The van der Waals surface area contributed by atoms with Gasteiger partial charge in [-0.25, -0.2) is 4.79 Å². The van der Waals surface area contributed by atoms with Crippen LogP contribution in [0.25, 0.3) is 11.1 Å². The first-order chi connectivity index (χ1) is 19.5. The third kappa shape index (κ3) is 6.18. The van der Waals surface area contributed by atoms with Crippen LogP contribution in [0.3, 0.4) is 0 Å². The number of rotatable bonds is 10. The molecule has 2 amide bonds. The number of pyridine rings is 1. The van der Waals surface area contributed by atoms with Crippen LogP contribution >= 0.6 is 0 Å². The number of carboxylic acids is 1. The Morgan fingerprint density at radius 2 is 1.52 bits per heavy atom. The first-order valence-corrected chi connectivity index (χ1v) is 13.1. The molecule has 0 saturated heterocycles. The van der Waals surface area contributed by atoms with E-state index >= 15 is 0 Å². The molecule has 0 fully saturated rings. The van der Waals surface area contributed by atoms with E-state index in [1.54, 1.807) is 12.1 Å². The van der Waals surface area contributed by atoms with Crippen LogP contribution in [0.2, 0.25) is 0 Å². The number of carboxylic acid groups (broad SMARTS) is 1. The molecule has 4 aromatic rings. The molecule has 8 heteroatoms. The van der Waals surface area contributed by atoms with Crippen molar-refractivity contribution in [2.45, 2.75) is 25.4 Å². The lowest BCUT2D eigenvalue weighted by molar-refractivity contribution is -0.137. The lowest BCUT2D eigenvalue weighted by Crippen LogP contribution is -2.33. The molecule has 202 valence electrons. The van der Waals surface area contributed by atoms with E-state index in [-0.39, 0.29) is 44.5 Å². The predicted octanol–water partition coefficient (Wildman–Crippen LogP) is 5.24. The molecule has 0 atom stereocenters. The van der Waals surface area contributed by atoms with Crippen molar-refractivity contribution in [1.82, 2.24) is 15.2 Å². The molecule has 0 radical (unpaired) electrons. The number of nitrogens with zero attached hydrogens (tertiary/aromatic N) is 2. The zero-order chi connectivity index (χ0) is 27.9. The minimum absolute atomic E-state index is 0.0429. The van der Waals surface area contributed by atoms with Gasteiger partial charge >= 0.3 is 12.1 Å². The quantitative estimate of drug-likeness (QED) is 0.288. The lowest BCUT2D eigenvalue weighted by atomic mass is 9.98. The topological polar surface area (TPSA) is 109 Å². The molecule has 8 nitrogen and oxygen atoms in total. The molecule has 2 N–H and O–H groups in total. The van der Waals surface area contributed by atoms with Gasteiger partial charge in [-0.3, -0.25) is 14.6 Å². The Bertz CT molecular complexity index is 1480. The third-order valence-corrected chi connectivity index (χ3v) is 6.92. The Morgan fingerprint density at radius 1 is 0.875 bits per heavy atom. The maximum atomic E-state index is 13.3. The van der Waals surface area contributed by atoms with Crippen LogP contribution < -0.4 is 5.32 Å². The molecule has 40 heavy (non-hydrogen) atoms. The normalized spacial score (nSPS) is 11.8. The van der Waals surface area contributed by atoms with Crippen LogP contribution in [0.15, 0.2) is 97.2 Å². The Labute approximate surface area is 232 Å². The van der Waals surface area contributed by atoms with Crippen molar-refractivity contribution in [3.05, 3.63) is 125 Å². The molecule has 0 bridgehead atoms. The van der Waals surface area contributed by atoms with Crippen LogP contribution in [0, 0.1) is 0 Å². The fourth-order valence-corrected chi connectivity index (χ4v) is 4.99. The van der Waals surface area contributed by atoms with E-state index in [0.717, 1.165) is 27.8 Å². The molecule has 1 heterocycles. The van der Waals surface area contributed by atoms with E-state index in [4.69, 9.17) is 9.84 Å². The van der Waals surface area contributed by atoms with Crippen molar-refractivity contribution in [3.8, 4) is 11.1 Å². The molecule has 5 rings (SSSR count). The highest BCUT2D eigenvalue weighted by molar-refractivity contribution is 5.94. The predicted molar refractivity (Wildman–Crippen MR) is 150 cm³/mol. The molecule has 3 aromatic carbocycles. The summed E-state index contributed by atoms with van der Waals surface area (Å²) in [5.74, 6) is -1.33. The Kier molecular flexibility index (Phi) is 8.15. The summed E-state index contributed by atoms with van der Waals surface area (Å²) in [7, 11) is 0. The molecular formula is C32H29N3O5. The Balaban J connectivity index is 1.20. The van der Waals surface area contributed by atoms with E-state index in [9.17, 15) is 14.4 Å². The van der Waals surface area contributed by atoms with Crippen LogP contribution in [0.1, 0.15) is 45.1 Å². The summed E-state index contributed by atoms with van der Waals surface area (Å²) in [5.41, 5.74) is 6.31. The first-order valence-electron chi connectivity index (χ1n) is 13.1. The van der Waals surface area contributed by atoms with Crippen molar-refractivity contribution in [3.63, 3.8) is 0 Å². The number of alkyl carbamates (subject to hydrolysis) is 1. The van der Waals surface area contributed by atoms with Crippen molar-refractivity contribution in [2.24, 2.45) is 0 Å². The van der Waals surface area contributed by atoms with Gasteiger partial charge in [0.05, 0.1) is 18.7 Å². The van der Waals surface area contributed by atoms with Gasteiger partial charge in [0.1, 0.15) is 6.61 Å². The number of aromatic nitrogens is 1. The number of carbonyl (C=O) groups is 3. The molecule has 1 aliphatic rings. The highest BCUT2D eigenvalue weighted by atomic mass is 16.5. The Morgan fingerprint density at radius 3 is 2.20 bits per heavy atom. The van der Waals surface area contributed by atoms with Gasteiger partial charge in [0.15, 0.2) is 0 Å². The number of fused-ring (bicyclic) bond motifs is 3. The number of aliphatic carboxylic acids is 1. The maximum Gasteiger partial charge on any atom is 0.407 e. The summed E-state index contributed by atoms with van der Waals surface area (Å²) in [6, 6.07) is 28.8. The number of ether oxygens (including phenoxy) is 1. The highest BCUT2D eigenvalue weighted by Gasteiger charge is 2.29. The summed E-state index contributed by atoms with van der Waals surface area (Å²) in [6.07, 6.45) is 0.757. The summed E-state index contributed by atoms with van der Waals surface area (Å²) in [4.78, 5) is 42.8. The highest BCUT2D eigenvalue weighted by Crippen LogP contribution is 2.44. The van der Waals surface area contributed by atoms with Gasteiger partial charge < -0.3 is 20.1 Å². The van der Waals surface area contributed by atoms with Crippen molar-refractivity contribution in [2.75, 3.05) is 13.2 Å². The van der Waals surface area contributed by atoms with Gasteiger partial charge in [0.25, 0.3) is 5.91 Å². The Hall–Kier alpha value is -4.98. The van der Waals surface area contributed by atoms with E-state index in [1.807, 2.05) is 54.6 Å². The van der Waals surface area contributed by atoms with Crippen LogP contribution in [0.5, 0.6) is 0 Å². The van der Waals surface area contributed by atoms with Crippen molar-refractivity contribution in [1.29, 1.82) is 0 Å². The smallest absolute Gasteiger partial charge is 0.407 e. The molecule has 0 aliphatic heterocycles. The largest absolute Gasteiger partial charge is 0.481 e. The summed E-state index contributed by atoms with van der Waals surface area (Å²) >= 11 is 0. The second kappa shape index (κ2) is 12.3. The van der Waals surface area contributed by atoms with E-state index in [1.165, 1.54) is 11.1 Å². The molecule has 0 saturated carbocycles. The molecule has 0 spiro atoms. The van der Waals surface area contributed by atoms with Gasteiger partial charge in [0.2, 0.25) is 0 Å². The van der Waals surface area contributed by atoms with Gasteiger partial charge in [-0.2, -0.15) is 0 Å². The standard InChI is InChI=1S/C32H29N3O5/c36-30(37)15-17-35(20-22-8-2-1-3-9-22)31(38)23-14-16-33-24(18-23)19-34-32(39)40-21-29-27-12-6-4-10-25(27)26-11-5-7-13-28(26)29/h1-14,16,18,29H,15,17,19-21H2,(H,34,39)(H,36,37). The number of nitrogens with one attached hydrogen (secondary N) is 1. The second-order valence-electron chi connectivity index (χ2n) is 9.57. The molecule has 1 aliphatic carbocycles. The first kappa shape index (κ1) is 26.6. The maximum absolute atomic E-state index is 13.3. The zero-order valence-electron chi connectivity index (χ0n) is 21.8. The minimum atomic E-state index is -0.978. The van der Waals surface area contributed by atoms with Gasteiger partial charge in [-0.1, -0.05) is 78.9 Å². The lowest BCUT2D eigenvalue weighted by Gasteiger charge is -2.22. The van der Waals surface area contributed by atoms with Gasteiger partial charge in [-0.05, 0) is 39.9 Å². The fourth-order valence-electron chi connectivity index (χ4n) is 4.99. The summed E-state index contributed by atoms with van der Waals surface area (Å²) < 4.78 is 5.59. The van der Waals surface area contributed by atoms with Crippen LogP contribution in [-0.2, 0) is 22.6 Å². The van der Waals surface area contributed by atoms with E-state index in [0.29, 0.717) is 11.3 Å². The number of carbonyl (C=O) groups excluding carboxylic acids is 2. The van der Waals surface area contributed by atoms with Gasteiger partial charge in [-0.15, -0.1) is 0 Å². The number of amides is 2. The van der Waals surface area contributed by atoms with Crippen LogP contribution in [0.4, 0.5) is 4.79 Å². The van der Waals surface area contributed by atoms with Crippen molar-refractivity contribution < 1.29 is 24.2 Å². The average molecular weight is 536 g/mol. The number of hydrogen-bond donors (Lipinski definition) is 2. The van der Waals surface area contributed by atoms with Crippen LogP contribution in [-0.4, -0.2) is 46.1 Å². The molecular weight excluding hydrogens is 506 g/mol. The minimum Gasteiger partial charge on any atom is -0.481 e. The fraction of sp³-hybridized carbons (Fsp3) is 0.188. The van der Waals surface area contributed by atoms with Gasteiger partial charge in [0, 0.05) is 30.8 Å². The monoisotopic (exact) mass is 535 g/mol. The number of benzene rings is 3. The number of hydrogen-bond acceptors (Lipinski definition) is 5. The zero-order valence-corrected chi connectivity index (χ0v) is 21.8. The van der Waals surface area contributed by atoms with Crippen molar-refractivity contribution >= 4 is 18.0 Å². The SMILES string of the molecule is O=C(O)CCN(Cc1ccccc1)C(=O)c1ccnc(CNC(=O)OCC2c3ccccc3-c3ccccc32)c1. The molecule has 0 unspecified atom stereocenters. The molecule has 1 aromatic heterocycles. The average Bonchev–Trinajstić information content (AvgIpc) is 3.31.